The van der Waals surface area contributed by atoms with Crippen LogP contribution >= 0.6 is 0 Å². The molecule has 0 saturated carbocycles. The molecule has 0 bridgehead atoms. The van der Waals surface area contributed by atoms with Crippen LogP contribution in [0, 0.1) is 13.8 Å². The summed E-state index contributed by atoms with van der Waals surface area (Å²) in [5.74, 6) is 0. The minimum Gasteiger partial charge on any atom is -0.326 e. The van der Waals surface area contributed by atoms with Crippen molar-refractivity contribution in [2.45, 2.75) is 20.4 Å². The molecule has 0 amide bonds. The van der Waals surface area contributed by atoms with Gasteiger partial charge in [-0.25, -0.2) is 0 Å². The highest BCUT2D eigenvalue weighted by molar-refractivity contribution is 5.60. The Kier molecular flexibility index (Phi) is 3.11. The fourth-order valence-electron chi connectivity index (χ4n) is 1.86. The Bertz CT molecular complexity index is 582. The normalized spacial score (nSPS) is 10.5. The Morgan fingerprint density at radius 1 is 1.18 bits per heavy atom. The van der Waals surface area contributed by atoms with Crippen LogP contribution in [0.5, 0.6) is 0 Å². The summed E-state index contributed by atoms with van der Waals surface area (Å²) < 4.78 is 0. The van der Waals surface area contributed by atoms with Crippen molar-refractivity contribution in [1.29, 1.82) is 0 Å². The van der Waals surface area contributed by atoms with Crippen LogP contribution < -0.4 is 11.3 Å². The molecule has 0 radical (unpaired) electrons. The maximum Gasteiger partial charge on any atom is 0.253 e. The summed E-state index contributed by atoms with van der Waals surface area (Å²) in [6, 6.07) is 10.0. The number of aromatic amines is 1. The molecule has 0 aliphatic heterocycles. The number of aromatic nitrogens is 1. The van der Waals surface area contributed by atoms with Crippen LogP contribution in [-0.2, 0) is 6.54 Å². The number of rotatable bonds is 2. The first kappa shape index (κ1) is 11.6. The lowest BCUT2D eigenvalue weighted by molar-refractivity contribution is 0.996. The van der Waals surface area contributed by atoms with Gasteiger partial charge in [0.2, 0.25) is 0 Å². The first-order valence-electron chi connectivity index (χ1n) is 5.61. The summed E-state index contributed by atoms with van der Waals surface area (Å²) in [4.78, 5) is 14.7. The Morgan fingerprint density at radius 3 is 2.35 bits per heavy atom. The number of nitrogens with one attached hydrogen (secondary N) is 1. The highest BCUT2D eigenvalue weighted by Gasteiger charge is 2.05. The zero-order chi connectivity index (χ0) is 12.4. The van der Waals surface area contributed by atoms with Crippen molar-refractivity contribution in [3.05, 3.63) is 57.4 Å². The molecular formula is C14H16N2O. The van der Waals surface area contributed by atoms with E-state index in [9.17, 15) is 4.79 Å². The van der Waals surface area contributed by atoms with Crippen molar-refractivity contribution in [1.82, 2.24) is 4.98 Å². The fraction of sp³-hybridized carbons (Fsp3) is 0.214. The van der Waals surface area contributed by atoms with E-state index < -0.39 is 0 Å². The van der Waals surface area contributed by atoms with Gasteiger partial charge in [-0.15, -0.1) is 0 Å². The molecule has 1 aromatic carbocycles. The second kappa shape index (κ2) is 4.55. The molecule has 17 heavy (non-hydrogen) atoms. The number of aryl methyl sites for hydroxylation is 2. The minimum atomic E-state index is -0.0944. The molecule has 3 nitrogen and oxygen atoms in total. The molecule has 0 aliphatic rings. The van der Waals surface area contributed by atoms with Crippen LogP contribution in [0.2, 0.25) is 0 Å². The number of hydrogen-bond acceptors (Lipinski definition) is 2. The van der Waals surface area contributed by atoms with Gasteiger partial charge in [0.25, 0.3) is 5.56 Å². The molecule has 3 N–H and O–H groups in total. The van der Waals surface area contributed by atoms with Crippen LogP contribution in [0.25, 0.3) is 11.3 Å². The quantitative estimate of drug-likeness (QED) is 0.827. The second-order valence-corrected chi connectivity index (χ2v) is 4.24. The van der Waals surface area contributed by atoms with Gasteiger partial charge < -0.3 is 10.7 Å². The number of pyridine rings is 1. The van der Waals surface area contributed by atoms with Gasteiger partial charge >= 0.3 is 0 Å². The van der Waals surface area contributed by atoms with Gasteiger partial charge in [0.05, 0.1) is 0 Å². The molecule has 0 atom stereocenters. The van der Waals surface area contributed by atoms with Crippen molar-refractivity contribution >= 4 is 0 Å². The summed E-state index contributed by atoms with van der Waals surface area (Å²) in [7, 11) is 0. The van der Waals surface area contributed by atoms with E-state index in [1.54, 1.807) is 0 Å². The van der Waals surface area contributed by atoms with Crippen molar-refractivity contribution in [2.75, 3.05) is 0 Å². The molecular weight excluding hydrogens is 212 g/mol. The maximum atomic E-state index is 11.8. The Morgan fingerprint density at radius 2 is 1.82 bits per heavy atom. The molecule has 88 valence electrons. The van der Waals surface area contributed by atoms with Crippen LogP contribution in [0.15, 0.2) is 35.1 Å². The number of nitrogens with two attached hydrogens (primary N) is 1. The molecule has 2 rings (SSSR count). The summed E-state index contributed by atoms with van der Waals surface area (Å²) >= 11 is 0. The lowest BCUT2D eigenvalue weighted by atomic mass is 10.1. The average molecular weight is 228 g/mol. The van der Waals surface area contributed by atoms with E-state index in [0.717, 1.165) is 16.8 Å². The third kappa shape index (κ3) is 2.29. The molecule has 2 aromatic rings. The summed E-state index contributed by atoms with van der Waals surface area (Å²) in [5.41, 5.74) is 10.1. The third-order valence-corrected chi connectivity index (χ3v) is 2.93. The molecule has 0 spiro atoms. The van der Waals surface area contributed by atoms with Gasteiger partial charge in [-0.05, 0) is 31.0 Å². The Hall–Kier alpha value is -1.87. The van der Waals surface area contributed by atoms with E-state index in [1.165, 1.54) is 5.56 Å². The van der Waals surface area contributed by atoms with Crippen molar-refractivity contribution in [2.24, 2.45) is 5.73 Å². The SMILES string of the molecule is Cc1ccc(-c2cc(C)c(CN)c(=O)[nH]2)cc1. The molecule has 0 unspecified atom stereocenters. The number of hydrogen-bond donors (Lipinski definition) is 2. The minimum absolute atomic E-state index is 0.0944. The molecule has 0 saturated heterocycles. The standard InChI is InChI=1S/C14H16N2O/c1-9-3-5-11(6-4-9)13-7-10(2)12(8-15)14(17)16-13/h3-7H,8,15H2,1-2H3,(H,16,17). The third-order valence-electron chi connectivity index (χ3n) is 2.93. The average Bonchev–Trinajstić information content (AvgIpc) is 2.29. The highest BCUT2D eigenvalue weighted by Crippen LogP contribution is 2.18. The highest BCUT2D eigenvalue weighted by atomic mass is 16.1. The second-order valence-electron chi connectivity index (χ2n) is 4.24. The summed E-state index contributed by atoms with van der Waals surface area (Å²) in [6.07, 6.45) is 0. The smallest absolute Gasteiger partial charge is 0.253 e. The largest absolute Gasteiger partial charge is 0.326 e. The Balaban J connectivity index is 2.54. The van der Waals surface area contributed by atoms with E-state index in [2.05, 4.69) is 4.98 Å². The molecule has 3 heteroatoms. The van der Waals surface area contributed by atoms with Gasteiger partial charge in [0, 0.05) is 17.8 Å². The number of H-pyrrole nitrogens is 1. The predicted octanol–water partition coefficient (Wildman–Crippen LogP) is 2.12. The Labute approximate surface area is 100 Å². The predicted molar refractivity (Wildman–Crippen MR) is 69.9 cm³/mol. The van der Waals surface area contributed by atoms with Crippen molar-refractivity contribution in [3.8, 4) is 11.3 Å². The van der Waals surface area contributed by atoms with Gasteiger partial charge in [0.15, 0.2) is 0 Å². The topological polar surface area (TPSA) is 58.9 Å². The van der Waals surface area contributed by atoms with Crippen molar-refractivity contribution in [3.63, 3.8) is 0 Å². The van der Waals surface area contributed by atoms with Crippen LogP contribution in [0.1, 0.15) is 16.7 Å². The lowest BCUT2D eigenvalue weighted by Gasteiger charge is -2.07. The van der Waals surface area contributed by atoms with E-state index in [1.807, 2.05) is 44.2 Å². The molecule has 0 fully saturated rings. The van der Waals surface area contributed by atoms with Crippen LogP contribution in [0.4, 0.5) is 0 Å². The zero-order valence-electron chi connectivity index (χ0n) is 10.1. The van der Waals surface area contributed by atoms with Crippen molar-refractivity contribution < 1.29 is 0 Å². The van der Waals surface area contributed by atoms with E-state index in [4.69, 9.17) is 5.73 Å². The zero-order valence-corrected chi connectivity index (χ0v) is 10.1. The first-order valence-corrected chi connectivity index (χ1v) is 5.61. The van der Waals surface area contributed by atoms with E-state index >= 15 is 0 Å². The molecule has 1 heterocycles. The first-order chi connectivity index (χ1) is 8.11. The summed E-state index contributed by atoms with van der Waals surface area (Å²) in [6.45, 7) is 4.22. The molecule has 1 aromatic heterocycles. The van der Waals surface area contributed by atoms with Gasteiger partial charge in [-0.1, -0.05) is 29.8 Å². The van der Waals surface area contributed by atoms with Gasteiger partial charge in [-0.3, -0.25) is 4.79 Å². The van der Waals surface area contributed by atoms with Gasteiger partial charge in [-0.2, -0.15) is 0 Å². The monoisotopic (exact) mass is 228 g/mol. The van der Waals surface area contributed by atoms with Crippen LogP contribution in [-0.4, -0.2) is 4.98 Å². The van der Waals surface area contributed by atoms with E-state index in [-0.39, 0.29) is 12.1 Å². The van der Waals surface area contributed by atoms with Crippen LogP contribution in [0.3, 0.4) is 0 Å². The lowest BCUT2D eigenvalue weighted by Crippen LogP contribution is -2.18. The van der Waals surface area contributed by atoms with Gasteiger partial charge in [0.1, 0.15) is 0 Å². The summed E-state index contributed by atoms with van der Waals surface area (Å²) in [5, 5.41) is 0. The van der Waals surface area contributed by atoms with E-state index in [0.29, 0.717) is 5.56 Å². The molecule has 0 aliphatic carbocycles. The number of benzene rings is 1. The maximum absolute atomic E-state index is 11.8. The fourth-order valence-corrected chi connectivity index (χ4v) is 1.86.